The average molecular weight is 282 g/mol. The van der Waals surface area contributed by atoms with Gasteiger partial charge in [-0.25, -0.2) is 0 Å². The van der Waals surface area contributed by atoms with Gasteiger partial charge in [0.25, 0.3) is 0 Å². The molecule has 0 bridgehead atoms. The van der Waals surface area contributed by atoms with Gasteiger partial charge in [-0.1, -0.05) is 65.1 Å². The van der Waals surface area contributed by atoms with Gasteiger partial charge in [0.1, 0.15) is 0 Å². The number of rotatable bonds is 1. The van der Waals surface area contributed by atoms with Crippen LogP contribution in [-0.4, -0.2) is 0 Å². The Balaban J connectivity index is 2.62. The molecule has 0 saturated heterocycles. The van der Waals surface area contributed by atoms with E-state index >= 15 is 0 Å². The maximum atomic E-state index is 2.44. The van der Waals surface area contributed by atoms with E-state index in [9.17, 15) is 0 Å². The highest BCUT2D eigenvalue weighted by Gasteiger charge is 2.00. The lowest BCUT2D eigenvalue weighted by Crippen LogP contribution is -1.82. The maximum absolute atomic E-state index is 2.44. The number of alkyl halides is 1. The average Bonchev–Trinajstić information content (AvgIpc) is 2.17. The molecule has 13 heavy (non-hydrogen) atoms. The van der Waals surface area contributed by atoms with Crippen molar-refractivity contribution in [3.63, 3.8) is 0 Å². The zero-order valence-electron chi connectivity index (χ0n) is 7.50. The summed E-state index contributed by atoms with van der Waals surface area (Å²) in [5.41, 5.74) is 1.40. The summed E-state index contributed by atoms with van der Waals surface area (Å²) in [5.74, 6) is 0. The Morgan fingerprint density at radius 3 is 2.38 bits per heavy atom. The molecule has 0 aromatic heterocycles. The van der Waals surface area contributed by atoms with Gasteiger partial charge >= 0.3 is 0 Å². The summed E-state index contributed by atoms with van der Waals surface area (Å²) in [5, 5.41) is 2.66. The Morgan fingerprint density at radius 1 is 1.00 bits per heavy atom. The van der Waals surface area contributed by atoms with Crippen LogP contribution in [0.1, 0.15) is 16.4 Å². The fourth-order valence-corrected chi connectivity index (χ4v) is 1.84. The molecule has 2 aromatic carbocycles. The number of fused-ring (bicyclic) bond motifs is 1. The Morgan fingerprint density at radius 2 is 1.69 bits per heavy atom. The van der Waals surface area contributed by atoms with Gasteiger partial charge in [0, 0.05) is 3.92 Å². The van der Waals surface area contributed by atoms with Crippen LogP contribution < -0.4 is 0 Å². The first kappa shape index (κ1) is 9.00. The molecule has 0 nitrogen and oxygen atoms in total. The lowest BCUT2D eigenvalue weighted by Gasteiger charge is -2.04. The second kappa shape index (κ2) is 3.66. The van der Waals surface area contributed by atoms with Gasteiger partial charge < -0.3 is 0 Å². The molecule has 0 amide bonds. The minimum Gasteiger partial charge on any atom is -0.0777 e. The van der Waals surface area contributed by atoms with Gasteiger partial charge in [0.15, 0.2) is 0 Å². The van der Waals surface area contributed by atoms with Crippen LogP contribution in [0.3, 0.4) is 0 Å². The Kier molecular flexibility index (Phi) is 2.54. The molecule has 0 aliphatic heterocycles. The molecule has 0 aliphatic rings. The summed E-state index contributed by atoms with van der Waals surface area (Å²) in [6.45, 7) is 2.21. The quantitative estimate of drug-likeness (QED) is 0.539. The highest BCUT2D eigenvalue weighted by atomic mass is 127. The molecule has 0 N–H and O–H groups in total. The van der Waals surface area contributed by atoms with E-state index in [-0.39, 0.29) is 0 Å². The monoisotopic (exact) mass is 282 g/mol. The molecule has 1 atom stereocenters. The van der Waals surface area contributed by atoms with E-state index in [1.54, 1.807) is 0 Å². The van der Waals surface area contributed by atoms with E-state index in [0.717, 1.165) is 0 Å². The topological polar surface area (TPSA) is 0 Å². The van der Waals surface area contributed by atoms with Crippen molar-refractivity contribution in [2.75, 3.05) is 0 Å². The lowest BCUT2D eigenvalue weighted by atomic mass is 10.1. The normalized spacial score (nSPS) is 13.1. The van der Waals surface area contributed by atoms with Crippen LogP contribution in [0.4, 0.5) is 0 Å². The van der Waals surface area contributed by atoms with Crippen molar-refractivity contribution >= 4 is 33.4 Å². The second-order valence-corrected chi connectivity index (χ2v) is 5.09. The lowest BCUT2D eigenvalue weighted by molar-refractivity contribution is 1.15. The number of halogens is 1. The van der Waals surface area contributed by atoms with Crippen LogP contribution in [-0.2, 0) is 0 Å². The fraction of sp³-hybridized carbons (Fsp3) is 0.167. The standard InChI is InChI=1S/C12H11I/c1-9(13)11-7-6-10-4-2-3-5-12(10)8-11/h2-9H,1H3/t9-/m0/s1. The van der Waals surface area contributed by atoms with Gasteiger partial charge in [-0.2, -0.15) is 0 Å². The van der Waals surface area contributed by atoms with Crippen molar-refractivity contribution in [2.45, 2.75) is 10.8 Å². The first-order chi connectivity index (χ1) is 6.27. The number of hydrogen-bond acceptors (Lipinski definition) is 0. The van der Waals surface area contributed by atoms with Crippen LogP contribution in [0, 0.1) is 0 Å². The van der Waals surface area contributed by atoms with Crippen molar-refractivity contribution in [1.29, 1.82) is 0 Å². The van der Waals surface area contributed by atoms with Crippen molar-refractivity contribution in [1.82, 2.24) is 0 Å². The van der Waals surface area contributed by atoms with Gasteiger partial charge in [-0.15, -0.1) is 0 Å². The van der Waals surface area contributed by atoms with E-state index in [2.05, 4.69) is 72.0 Å². The minimum atomic E-state index is 0.585. The smallest absolute Gasteiger partial charge is 0.0331 e. The maximum Gasteiger partial charge on any atom is 0.0331 e. The molecule has 0 fully saturated rings. The summed E-state index contributed by atoms with van der Waals surface area (Å²) in [6.07, 6.45) is 0. The van der Waals surface area contributed by atoms with Crippen LogP contribution in [0.2, 0.25) is 0 Å². The zero-order chi connectivity index (χ0) is 9.26. The third-order valence-electron chi connectivity index (χ3n) is 2.23. The summed E-state index contributed by atoms with van der Waals surface area (Å²) >= 11 is 2.44. The van der Waals surface area contributed by atoms with Crippen molar-refractivity contribution < 1.29 is 0 Å². The molecule has 0 saturated carbocycles. The molecule has 1 heteroatoms. The molecule has 0 heterocycles. The number of hydrogen-bond donors (Lipinski definition) is 0. The van der Waals surface area contributed by atoms with Gasteiger partial charge in [0.05, 0.1) is 0 Å². The zero-order valence-corrected chi connectivity index (χ0v) is 9.65. The van der Waals surface area contributed by atoms with E-state index < -0.39 is 0 Å². The summed E-state index contributed by atoms with van der Waals surface area (Å²) in [4.78, 5) is 0. The van der Waals surface area contributed by atoms with Crippen LogP contribution in [0.15, 0.2) is 42.5 Å². The molecule has 0 aliphatic carbocycles. The summed E-state index contributed by atoms with van der Waals surface area (Å²) in [7, 11) is 0. The van der Waals surface area contributed by atoms with E-state index in [0.29, 0.717) is 3.92 Å². The summed E-state index contributed by atoms with van der Waals surface area (Å²) < 4.78 is 0.585. The third-order valence-corrected chi connectivity index (χ3v) is 2.95. The molecule has 66 valence electrons. The van der Waals surface area contributed by atoms with Gasteiger partial charge in [0.2, 0.25) is 0 Å². The molecular weight excluding hydrogens is 271 g/mol. The molecule has 2 aromatic rings. The first-order valence-electron chi connectivity index (χ1n) is 4.40. The third kappa shape index (κ3) is 1.85. The molecule has 0 unspecified atom stereocenters. The van der Waals surface area contributed by atoms with Crippen LogP contribution in [0.5, 0.6) is 0 Å². The van der Waals surface area contributed by atoms with Crippen LogP contribution >= 0.6 is 22.6 Å². The van der Waals surface area contributed by atoms with Gasteiger partial charge in [-0.3, -0.25) is 0 Å². The predicted molar refractivity (Wildman–Crippen MR) is 66.4 cm³/mol. The van der Waals surface area contributed by atoms with E-state index in [1.807, 2.05) is 0 Å². The highest BCUT2D eigenvalue weighted by Crippen LogP contribution is 2.25. The minimum absolute atomic E-state index is 0.585. The Labute approximate surface area is 92.1 Å². The first-order valence-corrected chi connectivity index (χ1v) is 5.65. The van der Waals surface area contributed by atoms with Crippen molar-refractivity contribution in [3.05, 3.63) is 48.0 Å². The molecule has 0 spiro atoms. The highest BCUT2D eigenvalue weighted by molar-refractivity contribution is 14.1. The Bertz CT molecular complexity index is 418. The molecular formula is C12H11I. The largest absolute Gasteiger partial charge is 0.0777 e. The molecule has 0 radical (unpaired) electrons. The van der Waals surface area contributed by atoms with E-state index in [1.165, 1.54) is 16.3 Å². The van der Waals surface area contributed by atoms with Crippen molar-refractivity contribution in [3.8, 4) is 0 Å². The molecule has 2 rings (SSSR count). The van der Waals surface area contributed by atoms with Crippen LogP contribution in [0.25, 0.3) is 10.8 Å². The summed E-state index contributed by atoms with van der Waals surface area (Å²) in [6, 6.07) is 15.2. The van der Waals surface area contributed by atoms with E-state index in [4.69, 9.17) is 0 Å². The van der Waals surface area contributed by atoms with Crippen molar-refractivity contribution in [2.24, 2.45) is 0 Å². The fourth-order valence-electron chi connectivity index (χ4n) is 1.46. The predicted octanol–water partition coefficient (Wildman–Crippen LogP) is 4.34. The Hall–Kier alpha value is -0.570. The van der Waals surface area contributed by atoms with Gasteiger partial charge in [-0.05, 0) is 23.3 Å². The second-order valence-electron chi connectivity index (χ2n) is 3.22. The SMILES string of the molecule is C[C@H](I)c1ccc2ccccc2c1. The number of benzene rings is 2.